The molecule has 0 spiro atoms. The van der Waals surface area contributed by atoms with Crippen LogP contribution < -0.4 is 5.56 Å². The molecule has 0 aliphatic rings. The van der Waals surface area contributed by atoms with E-state index < -0.39 is 5.97 Å². The largest absolute Gasteiger partial charge is 0.481 e. The molecule has 0 aliphatic heterocycles. The highest BCUT2D eigenvalue weighted by Gasteiger charge is 2.13. The number of unbranched alkanes of at least 4 members (excludes halogenated alkanes) is 1. The van der Waals surface area contributed by atoms with Gasteiger partial charge in [0.15, 0.2) is 0 Å². The van der Waals surface area contributed by atoms with E-state index in [0.717, 1.165) is 16.8 Å². The van der Waals surface area contributed by atoms with Crippen molar-refractivity contribution in [3.63, 3.8) is 0 Å². The van der Waals surface area contributed by atoms with Gasteiger partial charge >= 0.3 is 5.97 Å². The Morgan fingerprint density at radius 2 is 2.15 bits per heavy atom. The molecule has 6 heteroatoms. The lowest BCUT2D eigenvalue weighted by Crippen LogP contribution is -2.11. The second-order valence-corrected chi connectivity index (χ2v) is 5.88. The Morgan fingerprint density at radius 3 is 2.80 bits per heavy atom. The van der Waals surface area contributed by atoms with Gasteiger partial charge in [-0.1, -0.05) is 6.92 Å². The Balaban J connectivity index is 2.20. The number of aliphatic carboxylic acids is 1. The van der Waals surface area contributed by atoms with Crippen LogP contribution in [0.1, 0.15) is 42.5 Å². The number of hydrogen-bond donors (Lipinski definition) is 2. The third-order valence-corrected chi connectivity index (χ3v) is 4.65. The zero-order chi connectivity index (χ0) is 14.7. The molecule has 0 saturated heterocycles. The molecule has 0 bridgehead atoms. The van der Waals surface area contributed by atoms with Gasteiger partial charge in [-0.15, -0.1) is 11.3 Å². The van der Waals surface area contributed by atoms with E-state index in [1.54, 1.807) is 11.3 Å². The second-order valence-electron chi connectivity index (χ2n) is 4.80. The van der Waals surface area contributed by atoms with Gasteiger partial charge in [0.1, 0.15) is 10.7 Å². The summed E-state index contributed by atoms with van der Waals surface area (Å²) in [6, 6.07) is 0. The molecule has 0 aliphatic carbocycles. The van der Waals surface area contributed by atoms with Gasteiger partial charge < -0.3 is 10.1 Å². The van der Waals surface area contributed by atoms with Crippen LogP contribution in [0.25, 0.3) is 10.2 Å². The van der Waals surface area contributed by atoms with Gasteiger partial charge in [-0.05, 0) is 31.7 Å². The Hall–Kier alpha value is -1.69. The van der Waals surface area contributed by atoms with Crippen LogP contribution in [-0.2, 0) is 17.6 Å². The minimum atomic E-state index is -0.789. The highest BCUT2D eigenvalue weighted by molar-refractivity contribution is 7.18. The van der Waals surface area contributed by atoms with Gasteiger partial charge in [0.2, 0.25) is 0 Å². The Kier molecular flexibility index (Phi) is 4.54. The predicted octanol–water partition coefficient (Wildman–Crippen LogP) is 2.65. The van der Waals surface area contributed by atoms with Crippen molar-refractivity contribution in [3.8, 4) is 0 Å². The summed E-state index contributed by atoms with van der Waals surface area (Å²) in [6.45, 7) is 4.03. The molecule has 2 N–H and O–H groups in total. The van der Waals surface area contributed by atoms with Gasteiger partial charge in [-0.25, -0.2) is 4.98 Å². The quantitative estimate of drug-likeness (QED) is 0.802. The number of aryl methyl sites for hydroxylation is 3. The average molecular weight is 294 g/mol. The lowest BCUT2D eigenvalue weighted by Gasteiger charge is -2.00. The first kappa shape index (κ1) is 14.7. The third-order valence-electron chi connectivity index (χ3n) is 3.32. The number of H-pyrrole nitrogens is 1. The predicted molar refractivity (Wildman–Crippen MR) is 79.5 cm³/mol. The van der Waals surface area contributed by atoms with Crippen LogP contribution in [0, 0.1) is 6.92 Å². The zero-order valence-electron chi connectivity index (χ0n) is 11.7. The van der Waals surface area contributed by atoms with E-state index in [2.05, 4.69) is 16.9 Å². The summed E-state index contributed by atoms with van der Waals surface area (Å²) in [5, 5.41) is 9.28. The first-order chi connectivity index (χ1) is 9.52. The number of carboxylic acid groups (broad SMARTS) is 1. The maximum atomic E-state index is 12.1. The van der Waals surface area contributed by atoms with Crippen LogP contribution in [-0.4, -0.2) is 21.0 Å². The highest BCUT2D eigenvalue weighted by Crippen LogP contribution is 2.27. The fourth-order valence-electron chi connectivity index (χ4n) is 2.26. The van der Waals surface area contributed by atoms with Gasteiger partial charge in [0.05, 0.1) is 5.39 Å². The molecule has 0 fully saturated rings. The summed E-state index contributed by atoms with van der Waals surface area (Å²) in [7, 11) is 0. The van der Waals surface area contributed by atoms with Crippen molar-refractivity contribution in [1.82, 2.24) is 9.97 Å². The molecule has 0 unspecified atom stereocenters. The smallest absolute Gasteiger partial charge is 0.303 e. The lowest BCUT2D eigenvalue weighted by atomic mass is 10.1. The van der Waals surface area contributed by atoms with Gasteiger partial charge in [-0.3, -0.25) is 9.59 Å². The number of nitrogens with zero attached hydrogens (tertiary/aromatic N) is 1. The molecule has 2 aromatic heterocycles. The van der Waals surface area contributed by atoms with Gasteiger partial charge in [0, 0.05) is 17.7 Å². The molecule has 2 heterocycles. The standard InChI is InChI=1S/C14H18N2O3S/c1-3-9-8(2)12-13(19)15-10(16-14(12)20-9)6-4-5-7-11(17)18/h3-7H2,1-2H3,(H,17,18)(H,15,16,19). The average Bonchev–Trinajstić information content (AvgIpc) is 2.71. The van der Waals surface area contributed by atoms with Crippen LogP contribution in [0.15, 0.2) is 4.79 Å². The number of fused-ring (bicyclic) bond motifs is 1. The van der Waals surface area contributed by atoms with E-state index in [0.29, 0.717) is 30.5 Å². The Labute approximate surface area is 120 Å². The van der Waals surface area contributed by atoms with Crippen LogP contribution >= 0.6 is 11.3 Å². The number of rotatable bonds is 6. The van der Waals surface area contributed by atoms with Crippen LogP contribution in [0.5, 0.6) is 0 Å². The number of aromatic amines is 1. The molecular weight excluding hydrogens is 276 g/mol. The van der Waals surface area contributed by atoms with Crippen molar-refractivity contribution in [2.75, 3.05) is 0 Å². The molecule has 2 aromatic rings. The minimum absolute atomic E-state index is 0.0864. The molecular formula is C14H18N2O3S. The van der Waals surface area contributed by atoms with Gasteiger partial charge in [0.25, 0.3) is 5.56 Å². The molecule has 0 radical (unpaired) electrons. The number of thiophene rings is 1. The number of nitrogens with one attached hydrogen (secondary N) is 1. The topological polar surface area (TPSA) is 83.0 Å². The minimum Gasteiger partial charge on any atom is -0.481 e. The number of aromatic nitrogens is 2. The molecule has 5 nitrogen and oxygen atoms in total. The van der Waals surface area contributed by atoms with E-state index in [9.17, 15) is 9.59 Å². The van der Waals surface area contributed by atoms with Crippen molar-refractivity contribution < 1.29 is 9.90 Å². The summed E-state index contributed by atoms with van der Waals surface area (Å²) in [5.74, 6) is -0.139. The van der Waals surface area contributed by atoms with Crippen molar-refractivity contribution >= 4 is 27.5 Å². The molecule has 108 valence electrons. The first-order valence-corrected chi connectivity index (χ1v) is 7.57. The SMILES string of the molecule is CCc1sc2nc(CCCCC(=O)O)[nH]c(=O)c2c1C. The third kappa shape index (κ3) is 3.07. The molecule has 20 heavy (non-hydrogen) atoms. The van der Waals surface area contributed by atoms with Crippen LogP contribution in [0.3, 0.4) is 0 Å². The van der Waals surface area contributed by atoms with E-state index >= 15 is 0 Å². The highest BCUT2D eigenvalue weighted by atomic mass is 32.1. The molecule has 0 saturated carbocycles. The normalized spacial score (nSPS) is 11.1. The molecule has 0 atom stereocenters. The monoisotopic (exact) mass is 294 g/mol. The summed E-state index contributed by atoms with van der Waals surface area (Å²) >= 11 is 1.57. The zero-order valence-corrected chi connectivity index (χ0v) is 12.5. The van der Waals surface area contributed by atoms with Gasteiger partial charge in [-0.2, -0.15) is 0 Å². The molecule has 2 rings (SSSR count). The molecule has 0 amide bonds. The van der Waals surface area contributed by atoms with Crippen molar-refractivity contribution in [3.05, 3.63) is 26.6 Å². The van der Waals surface area contributed by atoms with E-state index in [1.165, 1.54) is 4.88 Å². The second kappa shape index (κ2) is 6.17. The van der Waals surface area contributed by atoms with Crippen molar-refractivity contribution in [2.45, 2.75) is 46.0 Å². The summed E-state index contributed by atoms with van der Waals surface area (Å²) in [6.07, 6.45) is 2.98. The van der Waals surface area contributed by atoms with E-state index in [4.69, 9.17) is 5.11 Å². The lowest BCUT2D eigenvalue weighted by molar-refractivity contribution is -0.137. The summed E-state index contributed by atoms with van der Waals surface area (Å²) in [4.78, 5) is 31.8. The fraction of sp³-hybridized carbons (Fsp3) is 0.500. The first-order valence-electron chi connectivity index (χ1n) is 6.76. The summed E-state index contributed by atoms with van der Waals surface area (Å²) in [5.41, 5.74) is 0.940. The fourth-order valence-corrected chi connectivity index (χ4v) is 3.40. The Bertz CT molecular complexity index is 688. The van der Waals surface area contributed by atoms with Crippen LogP contribution in [0.4, 0.5) is 0 Å². The van der Waals surface area contributed by atoms with Crippen molar-refractivity contribution in [2.24, 2.45) is 0 Å². The van der Waals surface area contributed by atoms with E-state index in [1.807, 2.05) is 6.92 Å². The Morgan fingerprint density at radius 1 is 1.40 bits per heavy atom. The maximum absolute atomic E-state index is 12.1. The van der Waals surface area contributed by atoms with E-state index in [-0.39, 0.29) is 12.0 Å². The number of carbonyl (C=O) groups is 1. The molecule has 0 aromatic carbocycles. The number of hydrogen-bond acceptors (Lipinski definition) is 4. The summed E-state index contributed by atoms with van der Waals surface area (Å²) < 4.78 is 0. The number of carboxylic acids is 1. The van der Waals surface area contributed by atoms with Crippen molar-refractivity contribution in [1.29, 1.82) is 0 Å². The maximum Gasteiger partial charge on any atom is 0.303 e. The van der Waals surface area contributed by atoms with Crippen LogP contribution in [0.2, 0.25) is 0 Å².